The maximum atomic E-state index is 9.73. The van der Waals surface area contributed by atoms with Crippen molar-refractivity contribution in [2.45, 2.75) is 26.9 Å². The van der Waals surface area contributed by atoms with Crippen LogP contribution in [0.15, 0.2) is 41.6 Å². The Kier molecular flexibility index (Phi) is 3.70. The largest absolute Gasteiger partial charge is 0.384 e. The summed E-state index contributed by atoms with van der Waals surface area (Å²) in [5, 5.41) is 9.73. The Hall–Kier alpha value is -1.30. The summed E-state index contributed by atoms with van der Waals surface area (Å²) in [4.78, 5) is 0. The Morgan fingerprint density at radius 2 is 1.86 bits per heavy atom. The van der Waals surface area contributed by atoms with Gasteiger partial charge in [0.05, 0.1) is 0 Å². The number of rotatable bonds is 2. The number of hydrogen-bond donors (Lipinski definition) is 1. The van der Waals surface area contributed by atoms with Gasteiger partial charge in [-0.05, 0) is 38.0 Å². The van der Waals surface area contributed by atoms with Crippen LogP contribution < -0.4 is 0 Å². The molecule has 1 unspecified atom stereocenters. The average molecular weight is 188 g/mol. The van der Waals surface area contributed by atoms with Crippen molar-refractivity contribution in [3.05, 3.63) is 52.8 Å². The van der Waals surface area contributed by atoms with Crippen molar-refractivity contribution in [3.8, 4) is 0 Å². The molecule has 0 aliphatic rings. The minimum Gasteiger partial charge on any atom is -0.384 e. The molecule has 0 spiro atoms. The standard InChI is InChI=1S/C13H16O/c1-10(2)4-9-13(14)12-7-5-11(3)6-8-12/h5-9,13-14H,1-3H3. The van der Waals surface area contributed by atoms with E-state index in [9.17, 15) is 5.11 Å². The Balaban J connectivity index is 2.85. The Morgan fingerprint density at radius 3 is 2.36 bits per heavy atom. The topological polar surface area (TPSA) is 20.2 Å². The molecule has 0 bridgehead atoms. The highest BCUT2D eigenvalue weighted by atomic mass is 16.3. The second-order valence-corrected chi connectivity index (χ2v) is 3.67. The van der Waals surface area contributed by atoms with Crippen LogP contribution in [0.3, 0.4) is 0 Å². The van der Waals surface area contributed by atoms with Gasteiger partial charge in [-0.2, -0.15) is 0 Å². The van der Waals surface area contributed by atoms with Crippen molar-refractivity contribution >= 4 is 0 Å². The van der Waals surface area contributed by atoms with Crippen molar-refractivity contribution in [2.24, 2.45) is 0 Å². The highest BCUT2D eigenvalue weighted by Crippen LogP contribution is 2.14. The molecular formula is C13H16O. The molecule has 1 nitrogen and oxygen atoms in total. The molecule has 0 aliphatic heterocycles. The SMILES string of the molecule is CC(C)=C=CC(O)c1ccc(C)cc1. The molecule has 0 aliphatic carbocycles. The summed E-state index contributed by atoms with van der Waals surface area (Å²) in [5.41, 5.74) is 6.17. The van der Waals surface area contributed by atoms with E-state index in [0.29, 0.717) is 0 Å². The third kappa shape index (κ3) is 3.21. The van der Waals surface area contributed by atoms with Crippen molar-refractivity contribution in [3.63, 3.8) is 0 Å². The van der Waals surface area contributed by atoms with Crippen LogP contribution in [0.4, 0.5) is 0 Å². The molecule has 1 atom stereocenters. The number of hydrogen-bond acceptors (Lipinski definition) is 1. The van der Waals surface area contributed by atoms with E-state index < -0.39 is 6.10 Å². The normalized spacial score (nSPS) is 11.7. The van der Waals surface area contributed by atoms with E-state index in [4.69, 9.17) is 0 Å². The Labute approximate surface area is 85.4 Å². The molecule has 1 rings (SSSR count). The fourth-order valence-electron chi connectivity index (χ4n) is 1.11. The molecule has 74 valence electrons. The molecule has 1 N–H and O–H groups in total. The Bertz CT molecular complexity index is 349. The minimum atomic E-state index is -0.550. The van der Waals surface area contributed by atoms with E-state index in [-0.39, 0.29) is 0 Å². The fraction of sp³-hybridized carbons (Fsp3) is 0.308. The van der Waals surface area contributed by atoms with E-state index in [1.807, 2.05) is 45.0 Å². The van der Waals surface area contributed by atoms with Gasteiger partial charge in [0.15, 0.2) is 0 Å². The summed E-state index contributed by atoms with van der Waals surface area (Å²) >= 11 is 0. The third-order valence-electron chi connectivity index (χ3n) is 1.95. The van der Waals surface area contributed by atoms with Crippen LogP contribution in [-0.4, -0.2) is 5.11 Å². The summed E-state index contributed by atoms with van der Waals surface area (Å²) in [7, 11) is 0. The second kappa shape index (κ2) is 4.80. The van der Waals surface area contributed by atoms with Gasteiger partial charge in [-0.15, -0.1) is 5.73 Å². The summed E-state index contributed by atoms with van der Waals surface area (Å²) in [6.45, 7) is 5.94. The van der Waals surface area contributed by atoms with Crippen LogP contribution in [0, 0.1) is 6.92 Å². The lowest BCUT2D eigenvalue weighted by Gasteiger charge is -2.04. The van der Waals surface area contributed by atoms with Crippen molar-refractivity contribution in [1.29, 1.82) is 0 Å². The lowest BCUT2D eigenvalue weighted by molar-refractivity contribution is 0.229. The van der Waals surface area contributed by atoms with Crippen LogP contribution in [0.25, 0.3) is 0 Å². The molecule has 0 aromatic heterocycles. The first-order valence-corrected chi connectivity index (χ1v) is 4.74. The zero-order valence-electron chi connectivity index (χ0n) is 8.91. The van der Waals surface area contributed by atoms with Gasteiger partial charge in [0, 0.05) is 0 Å². The lowest BCUT2D eigenvalue weighted by atomic mass is 10.1. The van der Waals surface area contributed by atoms with Gasteiger partial charge in [0.1, 0.15) is 6.10 Å². The van der Waals surface area contributed by atoms with E-state index in [0.717, 1.165) is 11.1 Å². The van der Waals surface area contributed by atoms with E-state index >= 15 is 0 Å². The monoisotopic (exact) mass is 188 g/mol. The molecule has 0 heterocycles. The highest BCUT2D eigenvalue weighted by Gasteiger charge is 2.01. The molecule has 0 saturated carbocycles. The lowest BCUT2D eigenvalue weighted by Crippen LogP contribution is -1.91. The average Bonchev–Trinajstić information content (AvgIpc) is 2.15. The quantitative estimate of drug-likeness (QED) is 0.707. The van der Waals surface area contributed by atoms with Crippen LogP contribution in [0.5, 0.6) is 0 Å². The number of aryl methyl sites for hydroxylation is 1. The molecule has 0 fully saturated rings. The zero-order valence-corrected chi connectivity index (χ0v) is 8.91. The van der Waals surface area contributed by atoms with Gasteiger partial charge < -0.3 is 5.11 Å². The van der Waals surface area contributed by atoms with Gasteiger partial charge in [-0.3, -0.25) is 0 Å². The molecule has 1 heteroatoms. The van der Waals surface area contributed by atoms with Crippen molar-refractivity contribution in [2.75, 3.05) is 0 Å². The molecule has 0 saturated heterocycles. The van der Waals surface area contributed by atoms with Crippen LogP contribution >= 0.6 is 0 Å². The van der Waals surface area contributed by atoms with E-state index in [2.05, 4.69) is 5.73 Å². The van der Waals surface area contributed by atoms with Crippen molar-refractivity contribution < 1.29 is 5.11 Å². The first kappa shape index (κ1) is 10.8. The smallest absolute Gasteiger partial charge is 0.104 e. The van der Waals surface area contributed by atoms with Gasteiger partial charge in [-0.1, -0.05) is 29.8 Å². The highest BCUT2D eigenvalue weighted by molar-refractivity contribution is 5.25. The maximum absolute atomic E-state index is 9.73. The van der Waals surface area contributed by atoms with Crippen LogP contribution in [-0.2, 0) is 0 Å². The third-order valence-corrected chi connectivity index (χ3v) is 1.95. The predicted molar refractivity (Wildman–Crippen MR) is 59.1 cm³/mol. The minimum absolute atomic E-state index is 0.550. The summed E-state index contributed by atoms with van der Waals surface area (Å²) in [6, 6.07) is 7.86. The summed E-state index contributed by atoms with van der Waals surface area (Å²) < 4.78 is 0. The molecule has 1 aromatic rings. The molecule has 0 radical (unpaired) electrons. The summed E-state index contributed by atoms with van der Waals surface area (Å²) in [5.74, 6) is 0. The van der Waals surface area contributed by atoms with E-state index in [1.54, 1.807) is 6.08 Å². The Morgan fingerprint density at radius 1 is 1.29 bits per heavy atom. The van der Waals surface area contributed by atoms with Crippen molar-refractivity contribution in [1.82, 2.24) is 0 Å². The molecule has 1 aromatic carbocycles. The predicted octanol–water partition coefficient (Wildman–Crippen LogP) is 3.15. The zero-order chi connectivity index (χ0) is 10.6. The maximum Gasteiger partial charge on any atom is 0.104 e. The summed E-state index contributed by atoms with van der Waals surface area (Å²) in [6.07, 6.45) is 1.13. The second-order valence-electron chi connectivity index (χ2n) is 3.67. The number of aliphatic hydroxyl groups is 1. The number of aliphatic hydroxyl groups excluding tert-OH is 1. The van der Waals surface area contributed by atoms with Gasteiger partial charge >= 0.3 is 0 Å². The van der Waals surface area contributed by atoms with Gasteiger partial charge in [-0.25, -0.2) is 0 Å². The van der Waals surface area contributed by atoms with Gasteiger partial charge in [0.25, 0.3) is 0 Å². The molecule has 0 amide bonds. The first-order valence-electron chi connectivity index (χ1n) is 4.74. The van der Waals surface area contributed by atoms with E-state index in [1.165, 1.54) is 5.56 Å². The van der Waals surface area contributed by atoms with Crippen LogP contribution in [0.1, 0.15) is 31.1 Å². The van der Waals surface area contributed by atoms with Crippen LogP contribution in [0.2, 0.25) is 0 Å². The molecular weight excluding hydrogens is 172 g/mol. The molecule has 14 heavy (non-hydrogen) atoms. The fourth-order valence-corrected chi connectivity index (χ4v) is 1.11. The first-order chi connectivity index (χ1) is 6.59. The number of benzene rings is 1. The van der Waals surface area contributed by atoms with Gasteiger partial charge in [0.2, 0.25) is 0 Å².